The van der Waals surface area contributed by atoms with Crippen LogP contribution in [0.15, 0.2) is 23.1 Å². The van der Waals surface area contributed by atoms with Gasteiger partial charge in [0.15, 0.2) is 0 Å². The Morgan fingerprint density at radius 2 is 2.36 bits per heavy atom. The Kier molecular flexibility index (Phi) is 3.91. The summed E-state index contributed by atoms with van der Waals surface area (Å²) < 4.78 is 15.4. The lowest BCUT2D eigenvalue weighted by Gasteiger charge is -2.04. The molecule has 0 amide bonds. The van der Waals surface area contributed by atoms with Crippen molar-refractivity contribution in [1.82, 2.24) is 4.72 Å². The fourth-order valence-corrected chi connectivity index (χ4v) is 1.61. The second-order valence-electron chi connectivity index (χ2n) is 2.73. The van der Waals surface area contributed by atoms with E-state index in [1.807, 2.05) is 6.92 Å². The van der Waals surface area contributed by atoms with Gasteiger partial charge >= 0.3 is 5.97 Å². The molecule has 0 aliphatic rings. The highest BCUT2D eigenvalue weighted by molar-refractivity contribution is 7.97. The van der Waals surface area contributed by atoms with E-state index in [4.69, 9.17) is 5.11 Å². The fraction of sp³-hybridized carbons (Fsp3) is 0.222. The lowest BCUT2D eigenvalue weighted by atomic mass is 10.2. The highest BCUT2D eigenvalue weighted by Gasteiger charge is 2.02. The van der Waals surface area contributed by atoms with Gasteiger partial charge in [0, 0.05) is 4.90 Å². The first-order valence-corrected chi connectivity index (χ1v) is 4.79. The maximum absolute atomic E-state index is 12.8. The summed E-state index contributed by atoms with van der Waals surface area (Å²) in [5, 5.41) is 8.37. The smallest absolute Gasteiger partial charge is 0.318 e. The molecule has 0 atom stereocenters. The van der Waals surface area contributed by atoms with Crippen LogP contribution >= 0.6 is 11.9 Å². The number of carboxylic acid groups (broad SMARTS) is 1. The van der Waals surface area contributed by atoms with Crippen LogP contribution in [0.3, 0.4) is 0 Å². The molecule has 1 aromatic rings. The third kappa shape index (κ3) is 3.35. The molecule has 0 fully saturated rings. The number of rotatable bonds is 4. The second kappa shape index (κ2) is 4.97. The first kappa shape index (κ1) is 11.0. The van der Waals surface area contributed by atoms with Gasteiger partial charge in [0.1, 0.15) is 12.4 Å². The number of nitrogens with one attached hydrogen (secondary N) is 1. The van der Waals surface area contributed by atoms with Gasteiger partial charge in [-0.3, -0.25) is 4.79 Å². The molecule has 0 aromatic heterocycles. The predicted octanol–water partition coefficient (Wildman–Crippen LogP) is 1.82. The van der Waals surface area contributed by atoms with Crippen LogP contribution in [0.5, 0.6) is 0 Å². The summed E-state index contributed by atoms with van der Waals surface area (Å²) in [7, 11) is 0. The molecule has 0 unspecified atom stereocenters. The van der Waals surface area contributed by atoms with Crippen LogP contribution in [0.2, 0.25) is 0 Å². The number of aryl methyl sites for hydroxylation is 1. The Bertz CT molecular complexity index is 344. The first-order valence-electron chi connectivity index (χ1n) is 3.97. The number of carboxylic acids is 1. The van der Waals surface area contributed by atoms with Crippen LogP contribution in [-0.4, -0.2) is 17.6 Å². The minimum Gasteiger partial charge on any atom is -0.480 e. The van der Waals surface area contributed by atoms with Gasteiger partial charge in [-0.25, -0.2) is 9.11 Å². The van der Waals surface area contributed by atoms with Crippen LogP contribution in [-0.2, 0) is 4.79 Å². The minimum atomic E-state index is -0.938. The molecule has 1 aromatic carbocycles. The van der Waals surface area contributed by atoms with Gasteiger partial charge in [0.2, 0.25) is 0 Å². The molecule has 0 radical (unpaired) electrons. The van der Waals surface area contributed by atoms with Crippen LogP contribution in [0.1, 0.15) is 5.56 Å². The van der Waals surface area contributed by atoms with E-state index in [2.05, 4.69) is 4.72 Å². The van der Waals surface area contributed by atoms with Gasteiger partial charge in [-0.2, -0.15) is 0 Å². The summed E-state index contributed by atoms with van der Waals surface area (Å²) in [6, 6.07) is 4.39. The lowest BCUT2D eigenvalue weighted by molar-refractivity contribution is -0.135. The monoisotopic (exact) mass is 215 g/mol. The summed E-state index contributed by atoms with van der Waals surface area (Å²) in [6.07, 6.45) is 0. The summed E-state index contributed by atoms with van der Waals surface area (Å²) in [6.45, 7) is 1.69. The standard InChI is InChI=1S/C9H10FNO2S/c1-6-2-3-7(10)4-8(6)14-11-5-9(12)13/h2-4,11H,5H2,1H3,(H,12,13). The molecule has 0 aliphatic heterocycles. The maximum atomic E-state index is 12.8. The number of benzene rings is 1. The SMILES string of the molecule is Cc1ccc(F)cc1SNCC(=O)O. The Morgan fingerprint density at radius 1 is 1.64 bits per heavy atom. The van der Waals surface area contributed by atoms with E-state index >= 15 is 0 Å². The zero-order valence-electron chi connectivity index (χ0n) is 7.58. The molecule has 0 saturated carbocycles. The minimum absolute atomic E-state index is 0.152. The topological polar surface area (TPSA) is 49.3 Å². The summed E-state index contributed by atoms with van der Waals surface area (Å²) in [5.41, 5.74) is 0.911. The Balaban J connectivity index is 2.57. The van der Waals surface area contributed by atoms with Crippen LogP contribution < -0.4 is 4.72 Å². The van der Waals surface area contributed by atoms with Crippen molar-refractivity contribution in [1.29, 1.82) is 0 Å². The van der Waals surface area contributed by atoms with Crippen molar-refractivity contribution >= 4 is 17.9 Å². The molecule has 76 valence electrons. The molecule has 0 bridgehead atoms. The zero-order valence-corrected chi connectivity index (χ0v) is 8.40. The number of carbonyl (C=O) groups is 1. The van der Waals surface area contributed by atoms with Crippen LogP contribution in [0.25, 0.3) is 0 Å². The maximum Gasteiger partial charge on any atom is 0.318 e. The van der Waals surface area contributed by atoms with E-state index in [1.165, 1.54) is 12.1 Å². The highest BCUT2D eigenvalue weighted by Crippen LogP contribution is 2.20. The molecular formula is C9H10FNO2S. The quantitative estimate of drug-likeness (QED) is 0.752. The van der Waals surface area contributed by atoms with Crippen molar-refractivity contribution in [2.45, 2.75) is 11.8 Å². The van der Waals surface area contributed by atoms with Crippen molar-refractivity contribution in [3.05, 3.63) is 29.6 Å². The first-order chi connectivity index (χ1) is 6.59. The van der Waals surface area contributed by atoms with Gasteiger partial charge in [-0.05, 0) is 36.6 Å². The van der Waals surface area contributed by atoms with Gasteiger partial charge < -0.3 is 5.11 Å². The molecule has 0 spiro atoms. The van der Waals surface area contributed by atoms with E-state index in [1.54, 1.807) is 6.07 Å². The normalized spacial score (nSPS) is 10.1. The van der Waals surface area contributed by atoms with E-state index in [0.29, 0.717) is 4.90 Å². The van der Waals surface area contributed by atoms with E-state index < -0.39 is 5.97 Å². The van der Waals surface area contributed by atoms with Crippen molar-refractivity contribution in [3.8, 4) is 0 Å². The van der Waals surface area contributed by atoms with Gasteiger partial charge in [-0.15, -0.1) is 0 Å². The average Bonchev–Trinajstić information content (AvgIpc) is 2.10. The molecular weight excluding hydrogens is 205 g/mol. The van der Waals surface area contributed by atoms with Gasteiger partial charge in [0.05, 0.1) is 0 Å². The molecule has 1 rings (SSSR count). The number of hydrogen-bond acceptors (Lipinski definition) is 3. The van der Waals surface area contributed by atoms with Gasteiger partial charge in [-0.1, -0.05) is 6.07 Å². The molecule has 3 nitrogen and oxygen atoms in total. The molecule has 0 saturated heterocycles. The molecule has 0 aliphatic carbocycles. The van der Waals surface area contributed by atoms with Gasteiger partial charge in [0.25, 0.3) is 0 Å². The third-order valence-corrected chi connectivity index (χ3v) is 2.50. The predicted molar refractivity (Wildman–Crippen MR) is 52.6 cm³/mol. The second-order valence-corrected chi connectivity index (χ2v) is 3.66. The number of hydrogen-bond donors (Lipinski definition) is 2. The Hall–Kier alpha value is -1.07. The Labute approximate surface area is 85.5 Å². The zero-order chi connectivity index (χ0) is 10.6. The largest absolute Gasteiger partial charge is 0.480 e. The van der Waals surface area contributed by atoms with E-state index in [0.717, 1.165) is 17.5 Å². The number of aliphatic carboxylic acids is 1. The van der Waals surface area contributed by atoms with Crippen molar-refractivity contribution < 1.29 is 14.3 Å². The van der Waals surface area contributed by atoms with Crippen molar-refractivity contribution in [2.24, 2.45) is 0 Å². The number of halogens is 1. The summed E-state index contributed by atoms with van der Waals surface area (Å²) in [4.78, 5) is 10.9. The van der Waals surface area contributed by atoms with Crippen molar-refractivity contribution in [3.63, 3.8) is 0 Å². The Morgan fingerprint density at radius 3 is 3.00 bits per heavy atom. The lowest BCUT2D eigenvalue weighted by Crippen LogP contribution is -2.15. The van der Waals surface area contributed by atoms with E-state index in [9.17, 15) is 9.18 Å². The van der Waals surface area contributed by atoms with Crippen LogP contribution in [0.4, 0.5) is 4.39 Å². The van der Waals surface area contributed by atoms with E-state index in [-0.39, 0.29) is 12.4 Å². The molecule has 0 heterocycles. The summed E-state index contributed by atoms with van der Waals surface area (Å²) >= 11 is 1.12. The molecule has 5 heteroatoms. The van der Waals surface area contributed by atoms with Crippen LogP contribution in [0, 0.1) is 12.7 Å². The molecule has 14 heavy (non-hydrogen) atoms. The fourth-order valence-electron chi connectivity index (χ4n) is 0.859. The third-order valence-electron chi connectivity index (χ3n) is 1.56. The average molecular weight is 215 g/mol. The highest BCUT2D eigenvalue weighted by atomic mass is 32.2. The molecule has 2 N–H and O–H groups in total. The van der Waals surface area contributed by atoms with Crippen molar-refractivity contribution in [2.75, 3.05) is 6.54 Å². The summed E-state index contributed by atoms with van der Waals surface area (Å²) in [5.74, 6) is -1.26.